The number of rotatable bonds is 7. The first-order valence-corrected chi connectivity index (χ1v) is 9.81. The molecule has 152 valence electrons. The summed E-state index contributed by atoms with van der Waals surface area (Å²) in [5.74, 6) is 0.104. The van der Waals surface area contributed by atoms with Crippen LogP contribution < -0.4 is 0 Å². The molecule has 2 aromatic rings. The van der Waals surface area contributed by atoms with Crippen LogP contribution >= 0.6 is 0 Å². The van der Waals surface area contributed by atoms with E-state index in [9.17, 15) is 4.79 Å². The molecule has 6 heteroatoms. The highest BCUT2D eigenvalue weighted by Crippen LogP contribution is 2.27. The van der Waals surface area contributed by atoms with Crippen LogP contribution in [0.15, 0.2) is 28.7 Å². The molecule has 0 amide bonds. The highest BCUT2D eigenvalue weighted by atomic mass is 16.7. The number of aryl methyl sites for hydroxylation is 3. The third-order valence-corrected chi connectivity index (χ3v) is 5.18. The minimum Gasteiger partial charge on any atom is -0.465 e. The first-order valence-electron chi connectivity index (χ1n) is 9.81. The molecule has 0 aliphatic carbocycles. The molecule has 0 unspecified atom stereocenters. The van der Waals surface area contributed by atoms with Crippen molar-refractivity contribution in [2.24, 2.45) is 5.92 Å². The van der Waals surface area contributed by atoms with Crippen LogP contribution in [0.5, 0.6) is 0 Å². The number of nitrogens with zero attached hydrogens (tertiary/aromatic N) is 1. The maximum Gasteiger partial charge on any atom is 0.366 e. The van der Waals surface area contributed by atoms with Gasteiger partial charge in [-0.1, -0.05) is 24.1 Å². The van der Waals surface area contributed by atoms with Gasteiger partial charge in [0, 0.05) is 18.4 Å². The molecule has 1 aromatic carbocycles. The normalized spacial score (nSPS) is 22.2. The van der Waals surface area contributed by atoms with Crippen LogP contribution in [0.4, 0.5) is 0 Å². The highest BCUT2D eigenvalue weighted by molar-refractivity contribution is 5.77. The molecular formula is C22H29NO5. The summed E-state index contributed by atoms with van der Waals surface area (Å²) in [5.41, 5.74) is 3.22. The lowest BCUT2D eigenvalue weighted by atomic mass is 10.0. The van der Waals surface area contributed by atoms with Crippen molar-refractivity contribution in [3.63, 3.8) is 0 Å². The zero-order chi connectivity index (χ0) is 20.1. The van der Waals surface area contributed by atoms with E-state index >= 15 is 0 Å². The van der Waals surface area contributed by atoms with Gasteiger partial charge in [-0.25, -0.2) is 9.78 Å². The summed E-state index contributed by atoms with van der Waals surface area (Å²) in [6.07, 6.45) is 3.93. The number of carbonyl (C=O) groups excluding carboxylic acids is 1. The largest absolute Gasteiger partial charge is 0.465 e. The monoisotopic (exact) mass is 387 g/mol. The number of methoxy groups -OCH3 is 1. The van der Waals surface area contributed by atoms with Gasteiger partial charge in [-0.2, -0.15) is 0 Å². The van der Waals surface area contributed by atoms with Crippen molar-refractivity contribution in [1.82, 2.24) is 4.98 Å². The lowest BCUT2D eigenvalue weighted by molar-refractivity contribution is -0.272. The van der Waals surface area contributed by atoms with Gasteiger partial charge in [-0.05, 0) is 45.2 Å². The molecule has 3 rings (SSSR count). The molecule has 1 aliphatic heterocycles. The van der Waals surface area contributed by atoms with Crippen LogP contribution in [0.2, 0.25) is 0 Å². The van der Waals surface area contributed by atoms with E-state index in [2.05, 4.69) is 24.0 Å². The molecule has 0 radical (unpaired) electrons. The van der Waals surface area contributed by atoms with Gasteiger partial charge in [-0.3, -0.25) is 0 Å². The topological polar surface area (TPSA) is 70.8 Å². The number of unbranched alkanes of at least 4 members (excludes halogenated alkanes) is 1. The second-order valence-corrected chi connectivity index (χ2v) is 7.56. The Bertz CT molecular complexity index is 805. The van der Waals surface area contributed by atoms with E-state index in [4.69, 9.17) is 18.6 Å². The number of hydrogen-bond donors (Lipinski definition) is 0. The minimum absolute atomic E-state index is 0.291. The van der Waals surface area contributed by atoms with Gasteiger partial charge in [0.1, 0.15) is 5.76 Å². The van der Waals surface area contributed by atoms with Crippen LogP contribution in [0.1, 0.15) is 43.2 Å². The van der Waals surface area contributed by atoms with Crippen LogP contribution in [-0.4, -0.2) is 37.1 Å². The molecule has 1 aromatic heterocycles. The van der Waals surface area contributed by atoms with Crippen molar-refractivity contribution in [1.29, 1.82) is 0 Å². The smallest absolute Gasteiger partial charge is 0.366 e. The third kappa shape index (κ3) is 4.80. The van der Waals surface area contributed by atoms with E-state index in [1.165, 1.54) is 12.7 Å². The first-order chi connectivity index (χ1) is 13.4. The van der Waals surface area contributed by atoms with Gasteiger partial charge < -0.3 is 18.6 Å². The molecule has 6 nitrogen and oxygen atoms in total. The van der Waals surface area contributed by atoms with Crippen molar-refractivity contribution < 1.29 is 23.4 Å². The average molecular weight is 387 g/mol. The molecule has 28 heavy (non-hydrogen) atoms. The Kier molecular flexibility index (Phi) is 6.52. The molecule has 0 bridgehead atoms. The Morgan fingerprint density at radius 1 is 1.25 bits per heavy atom. The second kappa shape index (κ2) is 8.88. The minimum atomic E-state index is -1.27. The average Bonchev–Trinajstić information content (AvgIpc) is 3.07. The van der Waals surface area contributed by atoms with E-state index in [0.717, 1.165) is 42.7 Å². The summed E-state index contributed by atoms with van der Waals surface area (Å²) in [5, 5.41) is 0. The second-order valence-electron chi connectivity index (χ2n) is 7.56. The molecule has 0 spiro atoms. The zero-order valence-corrected chi connectivity index (χ0v) is 17.1. The van der Waals surface area contributed by atoms with Gasteiger partial charge in [0.05, 0.1) is 26.0 Å². The first kappa shape index (κ1) is 20.6. The zero-order valence-electron chi connectivity index (χ0n) is 17.1. The Labute approximate surface area is 166 Å². The number of carbonyl (C=O) groups is 1. The van der Waals surface area contributed by atoms with Gasteiger partial charge in [0.15, 0.2) is 0 Å². The Balaban J connectivity index is 1.45. The van der Waals surface area contributed by atoms with E-state index in [-0.39, 0.29) is 0 Å². The summed E-state index contributed by atoms with van der Waals surface area (Å²) in [6, 6.07) is 8.18. The number of hydrogen-bond acceptors (Lipinski definition) is 6. The van der Waals surface area contributed by atoms with Gasteiger partial charge in [-0.15, -0.1) is 0 Å². The Hall–Kier alpha value is -2.18. The fourth-order valence-electron chi connectivity index (χ4n) is 3.40. The van der Waals surface area contributed by atoms with Crippen molar-refractivity contribution in [2.75, 3.05) is 20.3 Å². The van der Waals surface area contributed by atoms with Crippen LogP contribution in [0, 0.1) is 19.8 Å². The van der Waals surface area contributed by atoms with E-state index < -0.39 is 11.8 Å². The lowest BCUT2D eigenvalue weighted by Gasteiger charge is -2.35. The fraction of sp³-hybridized carbons (Fsp3) is 0.545. The number of benzene rings is 1. The number of ether oxygens (including phenoxy) is 3. The molecule has 0 saturated carbocycles. The maximum absolute atomic E-state index is 11.7. The van der Waals surface area contributed by atoms with E-state index in [1.54, 1.807) is 6.92 Å². The standard InChI is InChI=1S/C22H29NO5/c1-15-8-7-10-18(12-15)20-23-19(16(2)28-20)11-6-5-9-17-13-26-22(3,27-14-17)21(24)25-4/h7-8,10,12,17H,5-6,9,11,13-14H2,1-4H3/t17-,22+. The SMILES string of the molecule is COC(=O)[C@]1(C)OC[C@H](CCCCc2nc(-c3cccc(C)c3)oc2C)CO1. The summed E-state index contributed by atoms with van der Waals surface area (Å²) in [7, 11) is 1.34. The number of esters is 1. The third-order valence-electron chi connectivity index (χ3n) is 5.18. The fourth-order valence-corrected chi connectivity index (χ4v) is 3.40. The van der Waals surface area contributed by atoms with E-state index in [0.29, 0.717) is 25.0 Å². The molecule has 2 heterocycles. The number of oxazole rings is 1. The quantitative estimate of drug-likeness (QED) is 0.523. The predicted octanol–water partition coefficient (Wildman–Crippen LogP) is 4.22. The lowest BCUT2D eigenvalue weighted by Crippen LogP contribution is -2.48. The molecule has 1 saturated heterocycles. The van der Waals surface area contributed by atoms with Crippen molar-refractivity contribution >= 4 is 5.97 Å². The highest BCUT2D eigenvalue weighted by Gasteiger charge is 2.41. The summed E-state index contributed by atoms with van der Waals surface area (Å²) < 4.78 is 21.8. The van der Waals surface area contributed by atoms with Crippen molar-refractivity contribution in [3.05, 3.63) is 41.3 Å². The summed E-state index contributed by atoms with van der Waals surface area (Å²) in [6.45, 7) is 6.65. The van der Waals surface area contributed by atoms with Gasteiger partial charge in [0.2, 0.25) is 5.89 Å². The molecule has 0 N–H and O–H groups in total. The molecule has 1 fully saturated rings. The maximum atomic E-state index is 11.7. The predicted molar refractivity (Wildman–Crippen MR) is 105 cm³/mol. The molecular weight excluding hydrogens is 358 g/mol. The van der Waals surface area contributed by atoms with Gasteiger partial charge >= 0.3 is 5.97 Å². The Morgan fingerprint density at radius 2 is 2.00 bits per heavy atom. The summed E-state index contributed by atoms with van der Waals surface area (Å²) >= 11 is 0. The Morgan fingerprint density at radius 3 is 2.68 bits per heavy atom. The van der Waals surface area contributed by atoms with Crippen LogP contribution in [0.3, 0.4) is 0 Å². The van der Waals surface area contributed by atoms with Crippen molar-refractivity contribution in [2.45, 2.75) is 52.2 Å². The molecule has 1 aliphatic rings. The number of aromatic nitrogens is 1. The van der Waals surface area contributed by atoms with E-state index in [1.807, 2.05) is 19.1 Å². The van der Waals surface area contributed by atoms with Crippen LogP contribution in [-0.2, 0) is 25.4 Å². The molecule has 0 atom stereocenters. The van der Waals surface area contributed by atoms with Crippen LogP contribution in [0.25, 0.3) is 11.5 Å². The van der Waals surface area contributed by atoms with Gasteiger partial charge in [0.25, 0.3) is 5.79 Å². The summed E-state index contributed by atoms with van der Waals surface area (Å²) in [4.78, 5) is 16.4. The van der Waals surface area contributed by atoms with Crippen molar-refractivity contribution in [3.8, 4) is 11.5 Å².